The highest BCUT2D eigenvalue weighted by Crippen LogP contribution is 2.41. The van der Waals surface area contributed by atoms with E-state index in [1.807, 2.05) is 4.90 Å². The number of hydrogen-bond acceptors (Lipinski definition) is 3. The van der Waals surface area contributed by atoms with E-state index in [1.54, 1.807) is 30.2 Å². The highest BCUT2D eigenvalue weighted by molar-refractivity contribution is 5.79. The second-order valence-corrected chi connectivity index (χ2v) is 7.58. The van der Waals surface area contributed by atoms with Crippen LogP contribution in [0, 0.1) is 11.2 Å². The van der Waals surface area contributed by atoms with Crippen molar-refractivity contribution in [2.75, 3.05) is 39.9 Å². The van der Waals surface area contributed by atoms with Crippen LogP contribution < -0.4 is 5.32 Å². The molecule has 1 aromatic carbocycles. The number of hydrogen-bond donors (Lipinski definition) is 1. The Morgan fingerprint density at radius 1 is 1.30 bits per heavy atom. The molecular formula is C20H28FN3O3. The lowest BCUT2D eigenvalue weighted by molar-refractivity contribution is -0.128. The molecule has 0 atom stereocenters. The number of nitrogens with zero attached hydrogens (tertiary/aromatic N) is 2. The maximum absolute atomic E-state index is 13.7. The molecule has 2 heterocycles. The maximum Gasteiger partial charge on any atom is 0.317 e. The van der Waals surface area contributed by atoms with E-state index in [-0.39, 0.29) is 29.7 Å². The number of piperidine rings is 1. The monoisotopic (exact) mass is 377 g/mol. The summed E-state index contributed by atoms with van der Waals surface area (Å²) < 4.78 is 18.7. The maximum atomic E-state index is 13.7. The summed E-state index contributed by atoms with van der Waals surface area (Å²) in [5.41, 5.74) is 0.472. The average molecular weight is 377 g/mol. The molecule has 1 spiro atoms. The van der Waals surface area contributed by atoms with E-state index in [2.05, 4.69) is 5.32 Å². The van der Waals surface area contributed by atoms with Crippen LogP contribution in [-0.4, -0.2) is 61.6 Å². The molecule has 148 valence electrons. The summed E-state index contributed by atoms with van der Waals surface area (Å²) in [6.07, 6.45) is 3.08. The van der Waals surface area contributed by atoms with Crippen molar-refractivity contribution in [2.24, 2.45) is 5.41 Å². The fourth-order valence-electron chi connectivity index (χ4n) is 4.03. The Hall–Kier alpha value is -2.15. The number of carbonyl (C=O) groups excluding carboxylic acids is 2. The molecule has 7 heteroatoms. The first-order valence-corrected chi connectivity index (χ1v) is 9.56. The van der Waals surface area contributed by atoms with Gasteiger partial charge in [-0.3, -0.25) is 4.79 Å². The molecule has 3 rings (SSSR count). The van der Waals surface area contributed by atoms with Gasteiger partial charge < -0.3 is 19.9 Å². The number of methoxy groups -OCH3 is 1. The first kappa shape index (κ1) is 19.6. The van der Waals surface area contributed by atoms with Gasteiger partial charge in [0.25, 0.3) is 0 Å². The normalized spacial score (nSPS) is 19.0. The molecule has 2 aliphatic rings. The number of likely N-dealkylation sites (tertiary alicyclic amines) is 2. The Labute approximate surface area is 159 Å². The summed E-state index contributed by atoms with van der Waals surface area (Å²) in [4.78, 5) is 28.4. The second kappa shape index (κ2) is 8.69. The summed E-state index contributed by atoms with van der Waals surface area (Å²) in [5.74, 6) is -0.100. The van der Waals surface area contributed by atoms with Crippen LogP contribution in [0.15, 0.2) is 24.3 Å². The zero-order valence-corrected chi connectivity index (χ0v) is 15.9. The number of rotatable bonds is 6. The summed E-state index contributed by atoms with van der Waals surface area (Å²) in [6, 6.07) is 6.27. The van der Waals surface area contributed by atoms with Crippen molar-refractivity contribution in [1.82, 2.24) is 15.1 Å². The van der Waals surface area contributed by atoms with Crippen molar-refractivity contribution in [2.45, 2.75) is 32.2 Å². The Morgan fingerprint density at radius 3 is 2.74 bits per heavy atom. The predicted octanol–water partition coefficient (Wildman–Crippen LogP) is 2.39. The lowest BCUT2D eigenvalue weighted by Crippen LogP contribution is -2.48. The average Bonchev–Trinajstić information content (AvgIpc) is 2.96. The first-order valence-electron chi connectivity index (χ1n) is 9.56. The number of amides is 3. The minimum absolute atomic E-state index is 0.00747. The van der Waals surface area contributed by atoms with Gasteiger partial charge in [-0.05, 0) is 25.3 Å². The lowest BCUT2D eigenvalue weighted by Gasteiger charge is -2.38. The van der Waals surface area contributed by atoms with Crippen LogP contribution >= 0.6 is 0 Å². The third kappa shape index (κ3) is 4.77. The zero-order valence-electron chi connectivity index (χ0n) is 15.9. The largest absolute Gasteiger partial charge is 0.385 e. The second-order valence-electron chi connectivity index (χ2n) is 7.58. The standard InChI is InChI=1S/C20H28FN3O3/c1-27-12-4-9-24-15-20(13-18(24)25)7-10-23(11-8-20)19(26)22-14-16-5-2-3-6-17(16)21/h2-3,5-6H,4,7-15H2,1H3,(H,22,26). The quantitative estimate of drug-likeness (QED) is 0.775. The van der Waals surface area contributed by atoms with Crippen LogP contribution in [0.25, 0.3) is 0 Å². The Balaban J connectivity index is 1.46. The van der Waals surface area contributed by atoms with Gasteiger partial charge in [0.05, 0.1) is 0 Å². The fourth-order valence-corrected chi connectivity index (χ4v) is 4.03. The van der Waals surface area contributed by atoms with Crippen molar-refractivity contribution in [3.05, 3.63) is 35.6 Å². The Kier molecular flexibility index (Phi) is 6.31. The van der Waals surface area contributed by atoms with Gasteiger partial charge in [0, 0.05) is 63.8 Å². The molecule has 2 saturated heterocycles. The van der Waals surface area contributed by atoms with Gasteiger partial charge in [-0.25, -0.2) is 9.18 Å². The molecule has 27 heavy (non-hydrogen) atoms. The number of halogens is 1. The number of benzene rings is 1. The number of ether oxygens (including phenoxy) is 1. The van der Waals surface area contributed by atoms with Gasteiger partial charge in [0.15, 0.2) is 0 Å². The van der Waals surface area contributed by atoms with Crippen molar-refractivity contribution in [1.29, 1.82) is 0 Å². The predicted molar refractivity (Wildman–Crippen MR) is 99.6 cm³/mol. The lowest BCUT2D eigenvalue weighted by atomic mass is 9.77. The summed E-state index contributed by atoms with van der Waals surface area (Å²) >= 11 is 0. The third-order valence-corrected chi connectivity index (χ3v) is 5.68. The van der Waals surface area contributed by atoms with Crippen LogP contribution in [0.5, 0.6) is 0 Å². The van der Waals surface area contributed by atoms with E-state index in [9.17, 15) is 14.0 Å². The zero-order chi connectivity index (χ0) is 19.3. The molecule has 0 unspecified atom stereocenters. The van der Waals surface area contributed by atoms with E-state index in [0.717, 1.165) is 32.4 Å². The summed E-state index contributed by atoms with van der Waals surface area (Å²) in [5, 5.41) is 2.80. The SMILES string of the molecule is COCCCN1CC2(CCN(C(=O)NCc3ccccc3F)CC2)CC1=O. The minimum Gasteiger partial charge on any atom is -0.385 e. The Bertz CT molecular complexity index is 674. The van der Waals surface area contributed by atoms with Gasteiger partial charge in [0.1, 0.15) is 5.82 Å². The highest BCUT2D eigenvalue weighted by atomic mass is 19.1. The number of urea groups is 1. The first-order chi connectivity index (χ1) is 13.0. The molecule has 1 N–H and O–H groups in total. The van der Waals surface area contributed by atoms with Crippen LogP contribution in [-0.2, 0) is 16.1 Å². The van der Waals surface area contributed by atoms with Crippen LogP contribution in [0.1, 0.15) is 31.2 Å². The van der Waals surface area contributed by atoms with E-state index in [4.69, 9.17) is 4.74 Å². The van der Waals surface area contributed by atoms with Crippen LogP contribution in [0.2, 0.25) is 0 Å². The molecule has 2 fully saturated rings. The Morgan fingerprint density at radius 2 is 2.04 bits per heavy atom. The van der Waals surface area contributed by atoms with E-state index >= 15 is 0 Å². The smallest absolute Gasteiger partial charge is 0.317 e. The third-order valence-electron chi connectivity index (χ3n) is 5.68. The van der Waals surface area contributed by atoms with Crippen LogP contribution in [0.3, 0.4) is 0 Å². The molecule has 0 bridgehead atoms. The minimum atomic E-state index is -0.312. The van der Waals surface area contributed by atoms with Gasteiger partial charge in [-0.15, -0.1) is 0 Å². The fraction of sp³-hybridized carbons (Fsp3) is 0.600. The molecule has 1 aromatic rings. The molecule has 0 saturated carbocycles. The van der Waals surface area contributed by atoms with Gasteiger partial charge in [-0.2, -0.15) is 0 Å². The molecule has 0 radical (unpaired) electrons. The van der Waals surface area contributed by atoms with Gasteiger partial charge in [0.2, 0.25) is 5.91 Å². The van der Waals surface area contributed by atoms with Crippen molar-refractivity contribution >= 4 is 11.9 Å². The highest BCUT2D eigenvalue weighted by Gasteiger charge is 2.45. The molecule has 0 aliphatic carbocycles. The van der Waals surface area contributed by atoms with Crippen LogP contribution in [0.4, 0.5) is 9.18 Å². The van der Waals surface area contributed by atoms with E-state index in [1.165, 1.54) is 6.07 Å². The van der Waals surface area contributed by atoms with Gasteiger partial charge >= 0.3 is 6.03 Å². The summed E-state index contributed by atoms with van der Waals surface area (Å²) in [6.45, 7) is 3.61. The number of nitrogens with one attached hydrogen (secondary N) is 1. The molecular weight excluding hydrogens is 349 g/mol. The van der Waals surface area contributed by atoms with E-state index < -0.39 is 0 Å². The van der Waals surface area contributed by atoms with Gasteiger partial charge in [-0.1, -0.05) is 18.2 Å². The van der Waals surface area contributed by atoms with Crippen molar-refractivity contribution in [3.63, 3.8) is 0 Å². The summed E-state index contributed by atoms with van der Waals surface area (Å²) in [7, 11) is 1.67. The molecule has 6 nitrogen and oxygen atoms in total. The van der Waals surface area contributed by atoms with Crippen molar-refractivity contribution in [3.8, 4) is 0 Å². The van der Waals surface area contributed by atoms with Crippen molar-refractivity contribution < 1.29 is 18.7 Å². The molecule has 2 aliphatic heterocycles. The number of carbonyl (C=O) groups is 2. The van der Waals surface area contributed by atoms with E-state index in [0.29, 0.717) is 31.7 Å². The molecule has 3 amide bonds. The molecule has 0 aromatic heterocycles. The topological polar surface area (TPSA) is 61.9 Å².